The Hall–Kier alpha value is -2.74. The fourth-order valence-electron chi connectivity index (χ4n) is 2.80. The van der Waals surface area contributed by atoms with Crippen molar-refractivity contribution < 1.29 is 4.79 Å². The van der Waals surface area contributed by atoms with Crippen LogP contribution < -0.4 is 5.32 Å². The van der Waals surface area contributed by atoms with Crippen molar-refractivity contribution >= 4 is 23.5 Å². The second kappa shape index (κ2) is 7.87. The van der Waals surface area contributed by atoms with Crippen LogP contribution >= 0.6 is 11.8 Å². The van der Waals surface area contributed by atoms with Crippen LogP contribution in [0.5, 0.6) is 0 Å². The van der Waals surface area contributed by atoms with Gasteiger partial charge in [-0.2, -0.15) is 10.2 Å². The first-order valence-corrected chi connectivity index (χ1v) is 9.46. The minimum atomic E-state index is -0.160. The highest BCUT2D eigenvalue weighted by atomic mass is 32.2. The minimum absolute atomic E-state index is 0.160. The van der Waals surface area contributed by atoms with Crippen molar-refractivity contribution in [2.24, 2.45) is 7.05 Å². The normalized spacial score (nSPS) is 10.9. The molecule has 3 aromatic rings. The second-order valence-electron chi connectivity index (χ2n) is 6.56. The van der Waals surface area contributed by atoms with E-state index in [9.17, 15) is 4.79 Å². The number of aromatic amines is 1. The zero-order valence-electron chi connectivity index (χ0n) is 16.2. The van der Waals surface area contributed by atoms with Crippen LogP contribution in [0.1, 0.15) is 22.6 Å². The maximum Gasteiger partial charge on any atom is 0.321 e. The Bertz CT molecular complexity index is 942. The lowest BCUT2D eigenvalue weighted by atomic mass is 10.2. The van der Waals surface area contributed by atoms with Crippen molar-refractivity contribution in [3.8, 4) is 0 Å². The van der Waals surface area contributed by atoms with Crippen LogP contribution in [0.2, 0.25) is 0 Å². The molecule has 0 atom stereocenters. The van der Waals surface area contributed by atoms with E-state index in [2.05, 4.69) is 20.6 Å². The highest BCUT2D eigenvalue weighted by Crippen LogP contribution is 2.36. The first-order valence-electron chi connectivity index (χ1n) is 8.65. The molecule has 0 saturated heterocycles. The Morgan fingerprint density at radius 2 is 2.00 bits per heavy atom. The van der Waals surface area contributed by atoms with Crippen molar-refractivity contribution in [3.05, 3.63) is 53.1 Å². The number of rotatable bonds is 5. The highest BCUT2D eigenvalue weighted by molar-refractivity contribution is 7.99. The van der Waals surface area contributed by atoms with E-state index in [4.69, 9.17) is 0 Å². The Balaban J connectivity index is 1.73. The van der Waals surface area contributed by atoms with Crippen LogP contribution in [0.25, 0.3) is 0 Å². The van der Waals surface area contributed by atoms with Gasteiger partial charge in [-0.25, -0.2) is 4.79 Å². The molecule has 8 heteroatoms. The monoisotopic (exact) mass is 384 g/mol. The van der Waals surface area contributed by atoms with Gasteiger partial charge in [0.05, 0.1) is 28.5 Å². The third-order valence-electron chi connectivity index (χ3n) is 4.27. The Labute approximate surface area is 163 Å². The smallest absolute Gasteiger partial charge is 0.321 e. The molecule has 142 valence electrons. The fourth-order valence-corrected chi connectivity index (χ4v) is 3.79. The van der Waals surface area contributed by atoms with Gasteiger partial charge in [-0.1, -0.05) is 23.9 Å². The van der Waals surface area contributed by atoms with Gasteiger partial charge >= 0.3 is 6.03 Å². The molecule has 27 heavy (non-hydrogen) atoms. The van der Waals surface area contributed by atoms with Gasteiger partial charge in [0, 0.05) is 36.4 Å². The summed E-state index contributed by atoms with van der Waals surface area (Å²) in [5.74, 6) is 0. The van der Waals surface area contributed by atoms with E-state index in [0.29, 0.717) is 6.54 Å². The van der Waals surface area contributed by atoms with Crippen molar-refractivity contribution in [3.63, 3.8) is 0 Å². The molecule has 2 heterocycles. The van der Waals surface area contributed by atoms with Crippen molar-refractivity contribution in [1.29, 1.82) is 0 Å². The van der Waals surface area contributed by atoms with Gasteiger partial charge in [-0.05, 0) is 32.9 Å². The number of para-hydroxylation sites is 1. The lowest BCUT2D eigenvalue weighted by Gasteiger charge is -2.19. The molecular weight excluding hydrogens is 360 g/mol. The first-order chi connectivity index (χ1) is 12.8. The average molecular weight is 385 g/mol. The van der Waals surface area contributed by atoms with E-state index in [0.717, 1.165) is 38.1 Å². The van der Waals surface area contributed by atoms with Gasteiger partial charge in [-0.3, -0.25) is 9.78 Å². The number of urea groups is 1. The predicted octanol–water partition coefficient (Wildman–Crippen LogP) is 3.88. The van der Waals surface area contributed by atoms with E-state index >= 15 is 0 Å². The van der Waals surface area contributed by atoms with E-state index < -0.39 is 0 Å². The van der Waals surface area contributed by atoms with Crippen molar-refractivity contribution in [2.45, 2.75) is 37.1 Å². The molecule has 0 unspecified atom stereocenters. The standard InChI is InChI=1S/C19H24N6OS/c1-12-15(11-25(5)23-12)10-24(4)19(26)20-16-8-6-7-9-17(16)27-18-13(2)21-22-14(18)3/h6-9,11H,10H2,1-5H3,(H,20,26)(H,21,22). The fraction of sp³-hybridized carbons (Fsp3) is 0.316. The number of carbonyl (C=O) groups excluding carboxylic acids is 1. The summed E-state index contributed by atoms with van der Waals surface area (Å²) in [4.78, 5) is 16.4. The molecule has 3 rings (SSSR count). The molecule has 0 aliphatic heterocycles. The maximum atomic E-state index is 12.7. The largest absolute Gasteiger partial charge is 0.323 e. The molecule has 2 aromatic heterocycles. The van der Waals surface area contributed by atoms with E-state index in [1.54, 1.807) is 28.4 Å². The lowest BCUT2D eigenvalue weighted by molar-refractivity contribution is 0.220. The maximum absolute atomic E-state index is 12.7. The Morgan fingerprint density at radius 1 is 1.26 bits per heavy atom. The van der Waals surface area contributed by atoms with Gasteiger partial charge in [0.2, 0.25) is 0 Å². The summed E-state index contributed by atoms with van der Waals surface area (Å²) >= 11 is 1.60. The molecule has 0 spiro atoms. The van der Waals surface area contributed by atoms with Crippen LogP contribution in [-0.2, 0) is 13.6 Å². The number of carbonyl (C=O) groups is 1. The van der Waals surface area contributed by atoms with Crippen molar-refractivity contribution in [1.82, 2.24) is 24.9 Å². The number of anilines is 1. The van der Waals surface area contributed by atoms with Crippen LogP contribution in [0, 0.1) is 20.8 Å². The van der Waals surface area contributed by atoms with E-state index in [1.807, 2.05) is 58.3 Å². The van der Waals surface area contributed by atoms with Gasteiger partial charge in [-0.15, -0.1) is 0 Å². The second-order valence-corrected chi connectivity index (χ2v) is 7.61. The summed E-state index contributed by atoms with van der Waals surface area (Å²) in [6.07, 6.45) is 1.94. The highest BCUT2D eigenvalue weighted by Gasteiger charge is 2.16. The zero-order chi connectivity index (χ0) is 19.6. The predicted molar refractivity (Wildman–Crippen MR) is 107 cm³/mol. The molecule has 0 aliphatic carbocycles. The van der Waals surface area contributed by atoms with Gasteiger partial charge in [0.1, 0.15) is 0 Å². The van der Waals surface area contributed by atoms with Crippen LogP contribution in [0.15, 0.2) is 40.3 Å². The quantitative estimate of drug-likeness (QED) is 0.700. The number of hydrogen-bond acceptors (Lipinski definition) is 4. The summed E-state index contributed by atoms with van der Waals surface area (Å²) in [7, 11) is 3.66. The van der Waals surface area contributed by atoms with Crippen LogP contribution in [0.4, 0.5) is 10.5 Å². The van der Waals surface area contributed by atoms with Gasteiger partial charge in [0.15, 0.2) is 0 Å². The molecule has 0 aliphatic rings. The molecule has 1 aromatic carbocycles. The van der Waals surface area contributed by atoms with E-state index in [-0.39, 0.29) is 6.03 Å². The Kier molecular flexibility index (Phi) is 5.55. The van der Waals surface area contributed by atoms with E-state index in [1.165, 1.54) is 0 Å². The summed E-state index contributed by atoms with van der Waals surface area (Å²) < 4.78 is 1.76. The molecular formula is C19H24N6OS. The number of nitrogens with one attached hydrogen (secondary N) is 2. The molecule has 0 fully saturated rings. The number of hydrogen-bond donors (Lipinski definition) is 2. The number of H-pyrrole nitrogens is 1. The topological polar surface area (TPSA) is 78.8 Å². The molecule has 0 saturated carbocycles. The minimum Gasteiger partial charge on any atom is -0.323 e. The van der Waals surface area contributed by atoms with Crippen LogP contribution in [0.3, 0.4) is 0 Å². The number of amides is 2. The third-order valence-corrected chi connectivity index (χ3v) is 5.65. The molecule has 7 nitrogen and oxygen atoms in total. The number of aryl methyl sites for hydroxylation is 4. The summed E-state index contributed by atoms with van der Waals surface area (Å²) in [6.45, 7) is 6.41. The Morgan fingerprint density at radius 3 is 2.63 bits per heavy atom. The average Bonchev–Trinajstić information content (AvgIpc) is 3.11. The van der Waals surface area contributed by atoms with Gasteiger partial charge < -0.3 is 10.2 Å². The number of nitrogens with zero attached hydrogens (tertiary/aromatic N) is 4. The number of benzene rings is 1. The lowest BCUT2D eigenvalue weighted by Crippen LogP contribution is -2.31. The zero-order valence-corrected chi connectivity index (χ0v) is 17.0. The first kappa shape index (κ1) is 19.0. The van der Waals surface area contributed by atoms with Gasteiger partial charge in [0.25, 0.3) is 0 Å². The van der Waals surface area contributed by atoms with Crippen molar-refractivity contribution in [2.75, 3.05) is 12.4 Å². The molecule has 2 N–H and O–H groups in total. The summed E-state index contributed by atoms with van der Waals surface area (Å²) in [6, 6.07) is 7.63. The molecule has 0 radical (unpaired) electrons. The summed E-state index contributed by atoms with van der Waals surface area (Å²) in [5.41, 5.74) is 4.70. The SMILES string of the molecule is Cc1nn(C)cc1CN(C)C(=O)Nc1ccccc1Sc1c(C)n[nH]c1C. The summed E-state index contributed by atoms with van der Waals surface area (Å²) in [5, 5.41) is 14.6. The molecule has 2 amide bonds. The number of aromatic nitrogens is 4. The third kappa shape index (κ3) is 4.33. The molecule has 0 bridgehead atoms. The van der Waals surface area contributed by atoms with Crippen LogP contribution in [-0.4, -0.2) is 38.0 Å².